The minimum Gasteiger partial charge on any atom is -0.543 e. The summed E-state index contributed by atoms with van der Waals surface area (Å²) < 4.78 is 1.88. The third kappa shape index (κ3) is 4.26. The number of rotatable bonds is 8. The number of thioether (sulfide) groups is 1. The molecule has 0 saturated carbocycles. The number of aliphatic hydroxyl groups is 1. The number of carbonyl (C=O) groups is 2. The number of β-lactam (4-membered cyclic amide) rings is 1. The average Bonchev–Trinajstić information content (AvgIpc) is 3.31. The molecule has 3 N–H and O–H groups in total. The van der Waals surface area contributed by atoms with E-state index >= 15 is 0 Å². The third-order valence-corrected chi connectivity index (χ3v) is 8.05. The number of hydrogen-bond donors (Lipinski definition) is 2. The first kappa shape index (κ1) is 25.3. The second kappa shape index (κ2) is 9.86. The Kier molecular flexibility index (Phi) is 7.78. The fraction of sp³-hybridized carbons (Fsp3) is 0.500. The monoisotopic (exact) mass is 485 g/mol. The number of aliphatic imine (C=N–C) groups is 1. The zero-order valence-electron chi connectivity index (χ0n) is 18.4. The summed E-state index contributed by atoms with van der Waals surface area (Å²) in [4.78, 5) is 36.1. The van der Waals surface area contributed by atoms with Crippen molar-refractivity contribution >= 4 is 51.2 Å². The molecule has 166 valence electrons. The molecule has 32 heavy (non-hydrogen) atoms. The number of carbonyl (C=O) groups excluding carboxylic acids is 2. The smallest absolute Gasteiger partial charge is 0.543 e. The molecule has 1 fully saturated rings. The van der Waals surface area contributed by atoms with Crippen molar-refractivity contribution in [2.45, 2.75) is 44.4 Å². The molecule has 0 spiro atoms. The number of aliphatic carboxylic acids is 1. The number of imidazole rings is 1. The van der Waals surface area contributed by atoms with Crippen LogP contribution >= 0.6 is 23.1 Å². The first-order valence-corrected chi connectivity index (χ1v) is 11.9. The van der Waals surface area contributed by atoms with Gasteiger partial charge in [0.05, 0.1) is 40.4 Å². The summed E-state index contributed by atoms with van der Waals surface area (Å²) in [6, 6.07) is -0.365. The SMILES string of the molecule is CC(N)=NCCCSc1ncn2cc(C3=C(C(=O)[O-])N4C(=O)[C@H]([C@@H](C)O)[C@H]4[C@H]3C)sc12.[Na+]. The predicted molar refractivity (Wildman–Crippen MR) is 117 cm³/mol. The van der Waals surface area contributed by atoms with Gasteiger partial charge in [-0.25, -0.2) is 4.98 Å². The number of thiazole rings is 1. The summed E-state index contributed by atoms with van der Waals surface area (Å²) in [5.41, 5.74) is 6.05. The minimum atomic E-state index is -1.37. The first-order chi connectivity index (χ1) is 14.7. The molecule has 0 unspecified atom stereocenters. The van der Waals surface area contributed by atoms with Gasteiger partial charge in [0, 0.05) is 30.0 Å². The number of nitrogens with two attached hydrogens (primary N) is 1. The van der Waals surface area contributed by atoms with Gasteiger partial charge in [-0.05, 0) is 20.3 Å². The number of aliphatic hydroxyl groups excluding tert-OH is 1. The summed E-state index contributed by atoms with van der Waals surface area (Å²) in [5, 5.41) is 22.8. The fourth-order valence-corrected chi connectivity index (χ4v) is 6.60. The molecule has 2 aliphatic rings. The molecule has 9 nitrogen and oxygen atoms in total. The Balaban J connectivity index is 0.00000289. The quantitative estimate of drug-likeness (QED) is 0.106. The van der Waals surface area contributed by atoms with E-state index in [1.807, 2.05) is 17.5 Å². The average molecular weight is 486 g/mol. The molecule has 0 aromatic carbocycles. The number of hydrogen-bond acceptors (Lipinski definition) is 8. The van der Waals surface area contributed by atoms with Crippen molar-refractivity contribution in [3.8, 4) is 0 Å². The summed E-state index contributed by atoms with van der Waals surface area (Å²) in [5.74, 6) is -1.15. The summed E-state index contributed by atoms with van der Waals surface area (Å²) >= 11 is 3.06. The molecular weight excluding hydrogens is 461 g/mol. The Morgan fingerprint density at radius 2 is 2.22 bits per heavy atom. The zero-order valence-corrected chi connectivity index (χ0v) is 22.1. The van der Waals surface area contributed by atoms with E-state index < -0.39 is 18.0 Å². The number of aromatic nitrogens is 2. The molecule has 2 aliphatic heterocycles. The van der Waals surface area contributed by atoms with Gasteiger partial charge >= 0.3 is 29.6 Å². The molecular formula is C20H24N5NaO4S2. The third-order valence-electron chi connectivity index (χ3n) is 5.71. The van der Waals surface area contributed by atoms with Crippen LogP contribution in [0.25, 0.3) is 10.4 Å². The van der Waals surface area contributed by atoms with Crippen LogP contribution in [0.4, 0.5) is 0 Å². The Morgan fingerprint density at radius 3 is 2.84 bits per heavy atom. The van der Waals surface area contributed by atoms with Gasteiger partial charge in [0.1, 0.15) is 16.2 Å². The Labute approximate surface area is 216 Å². The second-order valence-electron chi connectivity index (χ2n) is 7.89. The predicted octanol–water partition coefficient (Wildman–Crippen LogP) is -2.42. The molecule has 4 heterocycles. The van der Waals surface area contributed by atoms with Gasteiger partial charge in [0.15, 0.2) is 0 Å². The zero-order chi connectivity index (χ0) is 22.4. The van der Waals surface area contributed by atoms with Crippen molar-refractivity contribution in [3.63, 3.8) is 0 Å². The van der Waals surface area contributed by atoms with E-state index in [9.17, 15) is 19.8 Å². The minimum absolute atomic E-state index is 0. The topological polar surface area (TPSA) is 136 Å². The van der Waals surface area contributed by atoms with Crippen molar-refractivity contribution in [2.75, 3.05) is 12.3 Å². The van der Waals surface area contributed by atoms with Crippen LogP contribution in [-0.2, 0) is 9.59 Å². The van der Waals surface area contributed by atoms with Gasteiger partial charge in [-0.2, -0.15) is 0 Å². The molecule has 2 aromatic rings. The molecule has 1 saturated heterocycles. The van der Waals surface area contributed by atoms with E-state index in [2.05, 4.69) is 9.98 Å². The molecule has 0 aliphatic carbocycles. The Morgan fingerprint density at radius 1 is 1.50 bits per heavy atom. The van der Waals surface area contributed by atoms with Crippen molar-refractivity contribution in [2.24, 2.45) is 22.6 Å². The maximum atomic E-state index is 12.5. The normalized spacial score (nSPS) is 23.9. The molecule has 1 amide bonds. The Bertz CT molecular complexity index is 1100. The van der Waals surface area contributed by atoms with Crippen molar-refractivity contribution in [1.29, 1.82) is 0 Å². The molecule has 4 atom stereocenters. The number of nitrogens with zero attached hydrogens (tertiary/aromatic N) is 4. The number of carboxylic acid groups (broad SMARTS) is 1. The summed E-state index contributed by atoms with van der Waals surface area (Å²) in [6.45, 7) is 5.89. The van der Waals surface area contributed by atoms with Gasteiger partial charge in [0.2, 0.25) is 5.91 Å². The van der Waals surface area contributed by atoms with Crippen LogP contribution in [-0.4, -0.2) is 61.5 Å². The second-order valence-corrected chi connectivity index (χ2v) is 10.0. The van der Waals surface area contributed by atoms with E-state index in [-0.39, 0.29) is 53.1 Å². The van der Waals surface area contributed by atoms with E-state index in [1.165, 1.54) is 16.2 Å². The maximum absolute atomic E-state index is 12.5. The van der Waals surface area contributed by atoms with Gasteiger partial charge in [-0.15, -0.1) is 23.1 Å². The van der Waals surface area contributed by atoms with E-state index in [4.69, 9.17) is 5.73 Å². The largest absolute Gasteiger partial charge is 1.00 e. The van der Waals surface area contributed by atoms with Gasteiger partial charge in [-0.3, -0.25) is 14.2 Å². The van der Waals surface area contributed by atoms with Crippen molar-refractivity contribution < 1.29 is 49.4 Å². The van der Waals surface area contributed by atoms with Gasteiger partial charge in [0.25, 0.3) is 0 Å². The summed E-state index contributed by atoms with van der Waals surface area (Å²) in [7, 11) is 0. The molecule has 0 bridgehead atoms. The maximum Gasteiger partial charge on any atom is 1.00 e. The van der Waals surface area contributed by atoms with Crippen LogP contribution in [0.2, 0.25) is 0 Å². The first-order valence-electron chi connectivity index (χ1n) is 10.0. The van der Waals surface area contributed by atoms with Crippen LogP contribution in [0.3, 0.4) is 0 Å². The van der Waals surface area contributed by atoms with Crippen LogP contribution < -0.4 is 40.4 Å². The number of amidine groups is 1. The number of amides is 1. The number of fused-ring (bicyclic) bond motifs is 2. The van der Waals surface area contributed by atoms with Crippen LogP contribution in [0.5, 0.6) is 0 Å². The molecule has 4 rings (SSSR count). The summed E-state index contributed by atoms with van der Waals surface area (Å²) in [6.07, 6.45) is 3.59. The van der Waals surface area contributed by atoms with E-state index in [0.717, 1.165) is 26.9 Å². The van der Waals surface area contributed by atoms with E-state index in [1.54, 1.807) is 31.9 Å². The van der Waals surface area contributed by atoms with Crippen LogP contribution in [0.15, 0.2) is 28.2 Å². The fourth-order valence-electron chi connectivity index (χ4n) is 4.37. The van der Waals surface area contributed by atoms with Crippen LogP contribution in [0, 0.1) is 11.8 Å². The Hall–Kier alpha value is -1.37. The van der Waals surface area contributed by atoms with Crippen molar-refractivity contribution in [1.82, 2.24) is 14.3 Å². The standard InChI is InChI=1S/C20H25N5O4S2.Na/c1-9-13(16(20(28)29)25-15(9)14(10(2)26)18(25)27)12-7-24-8-23-17(19(24)31-12)30-6-4-5-22-11(3)21;/h7-10,14-15,26H,4-6H2,1-3H3,(H2,21,22)(H,28,29);/q;+1/p-1/t9-,10+,14+,15+;/m0./s1. The van der Waals surface area contributed by atoms with Crippen molar-refractivity contribution in [3.05, 3.63) is 23.1 Å². The van der Waals surface area contributed by atoms with Gasteiger partial charge < -0.3 is 25.6 Å². The number of carboxylic acids is 1. The van der Waals surface area contributed by atoms with Gasteiger partial charge in [-0.1, -0.05) is 6.92 Å². The molecule has 2 aromatic heterocycles. The van der Waals surface area contributed by atoms with Crippen LogP contribution in [0.1, 0.15) is 32.1 Å². The molecule has 12 heteroatoms. The molecule has 0 radical (unpaired) electrons. The van der Waals surface area contributed by atoms with E-state index in [0.29, 0.717) is 18.0 Å².